The van der Waals surface area contributed by atoms with Crippen LogP contribution in [0.25, 0.3) is 11.3 Å². The first-order valence-electron chi connectivity index (χ1n) is 7.10. The van der Waals surface area contributed by atoms with E-state index >= 15 is 0 Å². The Labute approximate surface area is 152 Å². The quantitative estimate of drug-likeness (QED) is 0.600. The monoisotopic (exact) mass is 403 g/mol. The fourth-order valence-electron chi connectivity index (χ4n) is 2.32. The van der Waals surface area contributed by atoms with Crippen LogP contribution in [0, 0.1) is 0 Å². The number of amides is 1. The zero-order chi connectivity index (χ0) is 17.1. The molecule has 1 aromatic heterocycles. The van der Waals surface area contributed by atoms with Crippen LogP contribution in [-0.2, 0) is 5.33 Å². The Morgan fingerprint density at radius 3 is 2.83 bits per heavy atom. The minimum absolute atomic E-state index is 0.262. The number of benzene rings is 2. The van der Waals surface area contributed by atoms with Gasteiger partial charge in [0, 0.05) is 33.9 Å². The molecule has 7 heteroatoms. The van der Waals surface area contributed by atoms with Gasteiger partial charge in [-0.25, -0.2) is 0 Å². The summed E-state index contributed by atoms with van der Waals surface area (Å²) in [6, 6.07) is 12.6. The highest BCUT2D eigenvalue weighted by Gasteiger charge is 2.10. The van der Waals surface area contributed by atoms with Crippen LogP contribution in [0.5, 0.6) is 0 Å². The van der Waals surface area contributed by atoms with Gasteiger partial charge < -0.3 is 5.32 Å². The molecule has 0 bridgehead atoms. The second kappa shape index (κ2) is 7.07. The number of anilines is 2. The van der Waals surface area contributed by atoms with Crippen LogP contribution in [0.15, 0.2) is 48.7 Å². The summed E-state index contributed by atoms with van der Waals surface area (Å²) >= 11 is 9.64. The Kier molecular flexibility index (Phi) is 4.87. The normalized spacial score (nSPS) is 10.6. The molecule has 1 heterocycles. The van der Waals surface area contributed by atoms with Gasteiger partial charge in [0.15, 0.2) is 0 Å². The largest absolute Gasteiger partial charge is 0.354 e. The van der Waals surface area contributed by atoms with Gasteiger partial charge in [0.05, 0.1) is 16.4 Å². The SMILES string of the molecule is [NH]C(=O)c1ccc(Nc2cccc(-c3n[nH]cc3CBr)c2)c(Cl)c1. The molecule has 0 saturated heterocycles. The maximum absolute atomic E-state index is 11.1. The Bertz CT molecular complexity index is 894. The molecule has 0 atom stereocenters. The van der Waals surface area contributed by atoms with E-state index in [-0.39, 0.29) is 5.56 Å². The number of H-pyrrole nitrogens is 1. The number of aromatic nitrogens is 2. The molecule has 0 aliphatic heterocycles. The van der Waals surface area contributed by atoms with Crippen LogP contribution in [0.1, 0.15) is 15.9 Å². The first-order chi connectivity index (χ1) is 11.6. The number of aromatic amines is 1. The van der Waals surface area contributed by atoms with Gasteiger partial charge in [-0.05, 0) is 30.3 Å². The maximum atomic E-state index is 11.1. The summed E-state index contributed by atoms with van der Waals surface area (Å²) in [6.07, 6.45) is 1.86. The van der Waals surface area contributed by atoms with Crippen LogP contribution in [0.2, 0.25) is 5.02 Å². The molecule has 0 aliphatic rings. The fraction of sp³-hybridized carbons (Fsp3) is 0.0588. The van der Waals surface area contributed by atoms with Gasteiger partial charge in [-0.15, -0.1) is 0 Å². The second-order valence-corrected chi connectivity index (χ2v) is 6.09. The van der Waals surface area contributed by atoms with E-state index in [1.165, 1.54) is 6.07 Å². The van der Waals surface area contributed by atoms with Crippen molar-refractivity contribution in [1.29, 1.82) is 0 Å². The van der Waals surface area contributed by atoms with Gasteiger partial charge in [-0.2, -0.15) is 5.10 Å². The highest BCUT2D eigenvalue weighted by atomic mass is 79.9. The van der Waals surface area contributed by atoms with Gasteiger partial charge in [-0.1, -0.05) is 39.7 Å². The molecule has 121 valence electrons. The van der Waals surface area contributed by atoms with Crippen molar-refractivity contribution in [3.05, 3.63) is 64.8 Å². The van der Waals surface area contributed by atoms with Crippen molar-refractivity contribution >= 4 is 44.8 Å². The lowest BCUT2D eigenvalue weighted by Crippen LogP contribution is -1.99. The van der Waals surface area contributed by atoms with Crippen LogP contribution in [0.4, 0.5) is 11.4 Å². The van der Waals surface area contributed by atoms with Crippen LogP contribution in [0.3, 0.4) is 0 Å². The van der Waals surface area contributed by atoms with Gasteiger partial charge >= 0.3 is 0 Å². The molecule has 3 rings (SSSR count). The third-order valence-corrected chi connectivity index (χ3v) is 4.43. The van der Waals surface area contributed by atoms with E-state index in [1.54, 1.807) is 12.1 Å². The lowest BCUT2D eigenvalue weighted by Gasteiger charge is -2.10. The van der Waals surface area contributed by atoms with Gasteiger partial charge in [0.2, 0.25) is 0 Å². The highest BCUT2D eigenvalue weighted by molar-refractivity contribution is 9.08. The number of alkyl halides is 1. The van der Waals surface area contributed by atoms with Gasteiger partial charge in [0.1, 0.15) is 0 Å². The molecule has 1 amide bonds. The standard InChI is InChI=1S/C17H13BrClN4O/c18-8-12-9-21-23-16(12)10-2-1-3-13(6-10)22-15-5-4-11(17(20)24)7-14(15)19/h1-7,9,20,22H,8H2,(H,21,23). The van der Waals surface area contributed by atoms with Crippen LogP contribution >= 0.6 is 27.5 Å². The molecule has 0 aliphatic carbocycles. The third kappa shape index (κ3) is 3.44. The molecule has 0 unspecified atom stereocenters. The van der Waals surface area contributed by atoms with Crippen molar-refractivity contribution in [2.24, 2.45) is 0 Å². The summed E-state index contributed by atoms with van der Waals surface area (Å²) in [5, 5.41) is 11.5. The lowest BCUT2D eigenvalue weighted by molar-refractivity contribution is 0.0992. The molecule has 0 saturated carbocycles. The third-order valence-electron chi connectivity index (χ3n) is 3.51. The highest BCUT2D eigenvalue weighted by Crippen LogP contribution is 2.30. The number of carbonyl (C=O) groups is 1. The molecule has 3 N–H and O–H groups in total. The molecular formula is C17H13BrClN4O. The predicted octanol–water partition coefficient (Wildman–Crippen LogP) is 4.79. The van der Waals surface area contributed by atoms with Gasteiger partial charge in [0.25, 0.3) is 5.91 Å². The van der Waals surface area contributed by atoms with E-state index in [4.69, 9.17) is 17.3 Å². The Morgan fingerprint density at radius 2 is 2.12 bits per heavy atom. The fourth-order valence-corrected chi connectivity index (χ4v) is 2.98. The van der Waals surface area contributed by atoms with E-state index in [1.807, 2.05) is 30.5 Å². The van der Waals surface area contributed by atoms with Crippen molar-refractivity contribution in [3.8, 4) is 11.3 Å². The molecule has 0 fully saturated rings. The summed E-state index contributed by atoms with van der Waals surface area (Å²) in [5.74, 6) is -0.758. The Hall–Kier alpha value is -2.31. The zero-order valence-electron chi connectivity index (χ0n) is 12.4. The maximum Gasteiger partial charge on any atom is 0.269 e. The second-order valence-electron chi connectivity index (χ2n) is 5.12. The molecule has 0 spiro atoms. The van der Waals surface area contributed by atoms with E-state index in [9.17, 15) is 4.79 Å². The minimum Gasteiger partial charge on any atom is -0.354 e. The van der Waals surface area contributed by atoms with Crippen LogP contribution in [-0.4, -0.2) is 16.1 Å². The molecule has 3 aromatic rings. The van der Waals surface area contributed by atoms with Crippen LogP contribution < -0.4 is 11.1 Å². The first-order valence-corrected chi connectivity index (χ1v) is 8.60. The number of nitrogens with zero attached hydrogens (tertiary/aromatic N) is 1. The van der Waals surface area contributed by atoms with Crippen molar-refractivity contribution in [2.45, 2.75) is 5.33 Å². The zero-order valence-corrected chi connectivity index (χ0v) is 14.8. The molecular weight excluding hydrogens is 392 g/mol. The summed E-state index contributed by atoms with van der Waals surface area (Å²) in [6.45, 7) is 0. The Morgan fingerprint density at radius 1 is 1.29 bits per heavy atom. The van der Waals surface area contributed by atoms with E-state index in [2.05, 4.69) is 31.4 Å². The number of rotatable bonds is 5. The number of halogens is 2. The molecule has 2 aromatic carbocycles. The predicted molar refractivity (Wildman–Crippen MR) is 98.8 cm³/mol. The average Bonchev–Trinajstić information content (AvgIpc) is 3.05. The molecule has 24 heavy (non-hydrogen) atoms. The van der Waals surface area contributed by atoms with Crippen molar-refractivity contribution in [2.75, 3.05) is 5.32 Å². The average molecular weight is 405 g/mol. The summed E-state index contributed by atoms with van der Waals surface area (Å²) in [7, 11) is 0. The summed E-state index contributed by atoms with van der Waals surface area (Å²) in [5.41, 5.74) is 11.8. The number of hydrogen-bond donors (Lipinski definition) is 2. The summed E-state index contributed by atoms with van der Waals surface area (Å²) < 4.78 is 0. The van der Waals surface area contributed by atoms with E-state index in [0.29, 0.717) is 16.0 Å². The topological polar surface area (TPSA) is 81.6 Å². The van der Waals surface area contributed by atoms with Gasteiger partial charge in [-0.3, -0.25) is 15.6 Å². The molecule has 5 nitrogen and oxygen atoms in total. The van der Waals surface area contributed by atoms with Crippen molar-refractivity contribution in [3.63, 3.8) is 0 Å². The number of nitrogens with one attached hydrogen (secondary N) is 3. The lowest BCUT2D eigenvalue weighted by atomic mass is 10.1. The first kappa shape index (κ1) is 16.5. The Balaban J connectivity index is 1.89. The minimum atomic E-state index is -0.758. The van der Waals surface area contributed by atoms with Crippen molar-refractivity contribution < 1.29 is 4.79 Å². The molecule has 1 radical (unpaired) electrons. The van der Waals surface area contributed by atoms with E-state index in [0.717, 1.165) is 22.5 Å². The van der Waals surface area contributed by atoms with Crippen molar-refractivity contribution in [1.82, 2.24) is 15.9 Å². The number of carbonyl (C=O) groups excluding carboxylic acids is 1. The smallest absolute Gasteiger partial charge is 0.269 e. The van der Waals surface area contributed by atoms with E-state index < -0.39 is 5.91 Å². The number of hydrogen-bond acceptors (Lipinski definition) is 3. The summed E-state index contributed by atoms with van der Waals surface area (Å²) in [4.78, 5) is 11.1.